The van der Waals surface area contributed by atoms with Crippen LogP contribution in [0.15, 0.2) is 42.6 Å². The minimum atomic E-state index is -0.753. The van der Waals surface area contributed by atoms with Gasteiger partial charge in [-0.1, -0.05) is 68.3 Å². The second-order valence-electron chi connectivity index (χ2n) is 10.4. The molecule has 2 aliphatic rings. The van der Waals surface area contributed by atoms with E-state index in [4.69, 9.17) is 23.1 Å². The highest BCUT2D eigenvalue weighted by atomic mass is 35.5. The Morgan fingerprint density at radius 1 is 0.972 bits per heavy atom. The van der Waals surface area contributed by atoms with Crippen molar-refractivity contribution in [3.05, 3.63) is 58.7 Å². The molecule has 0 spiro atoms. The number of carbonyl (C=O) groups is 2. The van der Waals surface area contributed by atoms with Crippen molar-refractivity contribution in [2.75, 3.05) is 5.73 Å². The molecular weight excluding hydrogens is 474 g/mol. The van der Waals surface area contributed by atoms with Gasteiger partial charge in [-0.25, -0.2) is 4.98 Å². The molecule has 2 aromatic rings. The van der Waals surface area contributed by atoms with E-state index in [0.717, 1.165) is 23.5 Å². The molecule has 7 nitrogen and oxygen atoms in total. The van der Waals surface area contributed by atoms with E-state index in [9.17, 15) is 9.59 Å². The van der Waals surface area contributed by atoms with Gasteiger partial charge in [0.05, 0.1) is 6.04 Å². The Morgan fingerprint density at radius 2 is 1.69 bits per heavy atom. The number of aromatic nitrogens is 1. The Hall–Kier alpha value is -2.64. The molecule has 5 atom stereocenters. The summed E-state index contributed by atoms with van der Waals surface area (Å²) in [5, 5.41) is 6.63. The Balaban J connectivity index is 1.42. The molecule has 1 aromatic carbocycles. The lowest BCUT2D eigenvalue weighted by Crippen LogP contribution is -2.53. The van der Waals surface area contributed by atoms with Crippen molar-refractivity contribution >= 4 is 29.2 Å². The third-order valence-electron chi connectivity index (χ3n) is 7.91. The first-order valence-corrected chi connectivity index (χ1v) is 13.6. The fraction of sp³-hybridized carbons (Fsp3) is 0.536. The Kier molecular flexibility index (Phi) is 9.21. The second-order valence-corrected chi connectivity index (χ2v) is 10.9. The lowest BCUT2D eigenvalue weighted by Gasteiger charge is -2.42. The molecular formula is C28H38ClN5O2. The number of hydrogen-bond donors (Lipinski definition) is 4. The summed E-state index contributed by atoms with van der Waals surface area (Å²) in [6.45, 7) is 0.325. The number of anilines is 1. The lowest BCUT2D eigenvalue weighted by molar-refractivity contribution is -0.130. The number of benzene rings is 1. The summed E-state index contributed by atoms with van der Waals surface area (Å²) >= 11 is 5.97. The van der Waals surface area contributed by atoms with Gasteiger partial charge in [-0.2, -0.15) is 0 Å². The smallest absolute Gasteiger partial charge is 0.242 e. The van der Waals surface area contributed by atoms with Crippen LogP contribution in [0, 0.1) is 17.8 Å². The van der Waals surface area contributed by atoms with Gasteiger partial charge in [-0.3, -0.25) is 9.59 Å². The van der Waals surface area contributed by atoms with Crippen molar-refractivity contribution in [2.45, 2.75) is 76.4 Å². The predicted molar refractivity (Wildman–Crippen MR) is 143 cm³/mol. The fourth-order valence-electron chi connectivity index (χ4n) is 6.00. The lowest BCUT2D eigenvalue weighted by atomic mass is 9.64. The number of fused-ring (bicyclic) bond motifs is 1. The molecule has 0 saturated heterocycles. The number of halogens is 1. The van der Waals surface area contributed by atoms with Crippen LogP contribution in [-0.4, -0.2) is 28.9 Å². The van der Waals surface area contributed by atoms with Gasteiger partial charge in [0.25, 0.3) is 0 Å². The molecule has 0 bridgehead atoms. The molecule has 2 fully saturated rings. The first kappa shape index (κ1) is 26.4. The number of pyridine rings is 1. The third-order valence-corrected chi connectivity index (χ3v) is 8.17. The summed E-state index contributed by atoms with van der Waals surface area (Å²) in [5.41, 5.74) is 13.7. The first-order valence-electron chi connectivity index (χ1n) is 13.2. The fourth-order valence-corrected chi connectivity index (χ4v) is 6.12. The first-order chi connectivity index (χ1) is 17.4. The highest BCUT2D eigenvalue weighted by Gasteiger charge is 2.37. The molecule has 1 aromatic heterocycles. The number of nitrogen functional groups attached to an aromatic ring is 1. The van der Waals surface area contributed by atoms with Crippen LogP contribution in [0.25, 0.3) is 0 Å². The van der Waals surface area contributed by atoms with Crippen molar-refractivity contribution in [1.29, 1.82) is 0 Å². The maximum absolute atomic E-state index is 13.3. The van der Waals surface area contributed by atoms with E-state index in [-0.39, 0.29) is 11.8 Å². The van der Waals surface area contributed by atoms with Crippen molar-refractivity contribution < 1.29 is 9.59 Å². The number of nitrogens with zero attached hydrogens (tertiary/aromatic N) is 1. The summed E-state index contributed by atoms with van der Waals surface area (Å²) < 4.78 is 0. The van der Waals surface area contributed by atoms with Gasteiger partial charge in [-0.05, 0) is 66.3 Å². The van der Waals surface area contributed by atoms with Crippen LogP contribution in [0.5, 0.6) is 0 Å². The van der Waals surface area contributed by atoms with E-state index >= 15 is 0 Å². The summed E-state index contributed by atoms with van der Waals surface area (Å²) in [6.07, 6.45) is 11.4. The van der Waals surface area contributed by atoms with Crippen LogP contribution in [0.1, 0.15) is 62.5 Å². The largest absolute Gasteiger partial charge is 0.384 e. The molecule has 0 radical (unpaired) electrons. The number of amides is 2. The molecule has 4 unspecified atom stereocenters. The minimum absolute atomic E-state index is 0.184. The van der Waals surface area contributed by atoms with Crippen LogP contribution in [0.2, 0.25) is 5.02 Å². The molecule has 6 N–H and O–H groups in total. The van der Waals surface area contributed by atoms with Crippen molar-refractivity contribution in [3.63, 3.8) is 0 Å². The molecule has 1 heterocycles. The average molecular weight is 512 g/mol. The molecule has 2 amide bonds. The highest BCUT2D eigenvalue weighted by Crippen LogP contribution is 2.45. The molecule has 2 saturated carbocycles. The number of rotatable bonds is 9. The van der Waals surface area contributed by atoms with Crippen molar-refractivity contribution in [3.8, 4) is 0 Å². The molecule has 2 aliphatic carbocycles. The average Bonchev–Trinajstić information content (AvgIpc) is 2.89. The summed E-state index contributed by atoms with van der Waals surface area (Å²) in [7, 11) is 0. The third kappa shape index (κ3) is 7.20. The number of hydrogen-bond acceptors (Lipinski definition) is 5. The van der Waals surface area contributed by atoms with E-state index in [2.05, 4.69) is 15.6 Å². The highest BCUT2D eigenvalue weighted by molar-refractivity contribution is 6.30. The Labute approximate surface area is 218 Å². The zero-order chi connectivity index (χ0) is 25.5. The van der Waals surface area contributed by atoms with Crippen molar-refractivity contribution in [1.82, 2.24) is 15.6 Å². The molecule has 194 valence electrons. The van der Waals surface area contributed by atoms with Gasteiger partial charge in [-0.15, -0.1) is 0 Å². The SMILES string of the molecule is Nc1ccc(CNC(=O)[C@H](CC2CCCC3CCCCC32)NC(=O)C(N)Cc2ccc(Cl)cc2)cn1. The minimum Gasteiger partial charge on any atom is -0.384 e. The topological polar surface area (TPSA) is 123 Å². The standard InChI is InChI=1S/C28H38ClN5O2/c29-22-11-8-18(9-12-22)14-24(30)27(35)34-25(28(36)33-17-19-10-13-26(31)32-16-19)15-21-6-3-5-20-4-1-2-7-23(20)21/h8-13,16,20-21,23-25H,1-7,14-15,17,30H2,(H2,31,32)(H,33,36)(H,34,35)/t20?,21?,23?,24?,25-/m0/s1. The molecule has 36 heavy (non-hydrogen) atoms. The van der Waals surface area contributed by atoms with Crippen LogP contribution < -0.4 is 22.1 Å². The van der Waals surface area contributed by atoms with Gasteiger partial charge < -0.3 is 22.1 Å². The Morgan fingerprint density at radius 3 is 2.44 bits per heavy atom. The van der Waals surface area contributed by atoms with E-state index < -0.39 is 12.1 Å². The molecule has 8 heteroatoms. The summed E-state index contributed by atoms with van der Waals surface area (Å²) in [4.78, 5) is 30.5. The number of nitrogens with one attached hydrogen (secondary N) is 2. The van der Waals surface area contributed by atoms with E-state index in [1.165, 1.54) is 38.5 Å². The van der Waals surface area contributed by atoms with E-state index in [0.29, 0.717) is 42.1 Å². The Bertz CT molecular complexity index is 1010. The number of nitrogens with two attached hydrogens (primary N) is 2. The maximum Gasteiger partial charge on any atom is 0.242 e. The van der Waals surface area contributed by atoms with E-state index in [1.807, 2.05) is 18.2 Å². The maximum atomic E-state index is 13.3. The summed E-state index contributed by atoms with van der Waals surface area (Å²) in [5.74, 6) is 1.77. The summed E-state index contributed by atoms with van der Waals surface area (Å²) in [6, 6.07) is 9.48. The molecule has 4 rings (SSSR count). The zero-order valence-electron chi connectivity index (χ0n) is 20.8. The second kappa shape index (κ2) is 12.5. The molecule has 0 aliphatic heterocycles. The quantitative estimate of drug-likeness (QED) is 0.405. The van der Waals surface area contributed by atoms with Gasteiger partial charge in [0.15, 0.2) is 0 Å². The van der Waals surface area contributed by atoms with Crippen LogP contribution in [-0.2, 0) is 22.6 Å². The van der Waals surface area contributed by atoms with Gasteiger partial charge in [0.2, 0.25) is 11.8 Å². The van der Waals surface area contributed by atoms with Crippen molar-refractivity contribution in [2.24, 2.45) is 23.5 Å². The van der Waals surface area contributed by atoms with Crippen LogP contribution in [0.3, 0.4) is 0 Å². The number of carbonyl (C=O) groups excluding carboxylic acids is 2. The van der Waals surface area contributed by atoms with E-state index in [1.54, 1.807) is 24.4 Å². The van der Waals surface area contributed by atoms with Gasteiger partial charge in [0.1, 0.15) is 11.9 Å². The van der Waals surface area contributed by atoms with Crippen LogP contribution in [0.4, 0.5) is 5.82 Å². The van der Waals surface area contributed by atoms with Crippen LogP contribution >= 0.6 is 11.6 Å². The van der Waals surface area contributed by atoms with Gasteiger partial charge in [0, 0.05) is 17.8 Å². The van der Waals surface area contributed by atoms with Gasteiger partial charge >= 0.3 is 0 Å². The predicted octanol–water partition coefficient (Wildman–Crippen LogP) is 3.98. The normalized spacial score (nSPS) is 23.2. The zero-order valence-corrected chi connectivity index (χ0v) is 21.6. The monoisotopic (exact) mass is 511 g/mol.